The summed E-state index contributed by atoms with van der Waals surface area (Å²) in [7, 11) is 0. The molecule has 2 fully saturated rings. The molecular weight excluding hydrogens is 269 g/mol. The van der Waals surface area contributed by atoms with Crippen molar-refractivity contribution in [2.24, 2.45) is 11.8 Å². The third-order valence-corrected chi connectivity index (χ3v) is 4.23. The molecule has 21 heavy (non-hydrogen) atoms. The van der Waals surface area contributed by atoms with Crippen LogP contribution in [-0.4, -0.2) is 23.5 Å². The Balaban J connectivity index is 1.71. The Morgan fingerprint density at radius 1 is 1.38 bits per heavy atom. The number of nitrogens with one attached hydrogen (secondary N) is 2. The van der Waals surface area contributed by atoms with Crippen LogP contribution in [0.4, 0.5) is 10.2 Å². The van der Waals surface area contributed by atoms with Gasteiger partial charge in [-0.1, -0.05) is 6.92 Å². The Bertz CT molecular complexity index is 514. The first-order chi connectivity index (χ1) is 10.2. The van der Waals surface area contributed by atoms with Crippen molar-refractivity contribution >= 4 is 11.7 Å². The molecule has 2 aliphatic carbocycles. The van der Waals surface area contributed by atoms with Gasteiger partial charge in [-0.05, 0) is 50.0 Å². The summed E-state index contributed by atoms with van der Waals surface area (Å²) in [6.07, 6.45) is 7.10. The fourth-order valence-electron chi connectivity index (χ4n) is 2.75. The zero-order valence-electron chi connectivity index (χ0n) is 12.4. The van der Waals surface area contributed by atoms with Crippen LogP contribution in [0.15, 0.2) is 12.3 Å². The fourth-order valence-corrected chi connectivity index (χ4v) is 2.75. The number of nitrogens with zero attached hydrogens (tertiary/aromatic N) is 1. The molecule has 4 nitrogen and oxygen atoms in total. The first kappa shape index (κ1) is 14.3. The molecule has 0 aromatic carbocycles. The summed E-state index contributed by atoms with van der Waals surface area (Å²) in [5, 5.41) is 5.96. The maximum atomic E-state index is 14.3. The van der Waals surface area contributed by atoms with E-state index in [4.69, 9.17) is 0 Å². The number of aromatic nitrogens is 1. The number of hydrogen-bond donors (Lipinski definition) is 2. The topological polar surface area (TPSA) is 54.0 Å². The number of carbonyl (C=O) groups excluding carboxylic acids is 1. The SMILES string of the molecule is CCCNc1nccc(C(=O)NC(C2CC2)C2CC2)c1F. The van der Waals surface area contributed by atoms with Gasteiger partial charge >= 0.3 is 0 Å². The molecule has 1 heterocycles. The Morgan fingerprint density at radius 3 is 2.62 bits per heavy atom. The molecule has 0 saturated heterocycles. The summed E-state index contributed by atoms with van der Waals surface area (Å²) in [6.45, 7) is 2.64. The molecule has 0 aliphatic heterocycles. The Kier molecular flexibility index (Phi) is 4.08. The van der Waals surface area contributed by atoms with Gasteiger partial charge in [0.1, 0.15) is 0 Å². The summed E-state index contributed by atoms with van der Waals surface area (Å²) in [4.78, 5) is 16.3. The van der Waals surface area contributed by atoms with Crippen LogP contribution in [0.1, 0.15) is 49.4 Å². The molecule has 1 aromatic rings. The second-order valence-electron chi connectivity index (χ2n) is 6.12. The minimum Gasteiger partial charge on any atom is -0.368 e. The minimum atomic E-state index is -0.547. The van der Waals surface area contributed by atoms with E-state index in [1.165, 1.54) is 37.9 Å². The molecule has 1 aromatic heterocycles. The van der Waals surface area contributed by atoms with Crippen LogP contribution < -0.4 is 10.6 Å². The normalized spacial score (nSPS) is 17.9. The molecule has 0 radical (unpaired) electrons. The van der Waals surface area contributed by atoms with Crippen molar-refractivity contribution in [3.63, 3.8) is 0 Å². The largest absolute Gasteiger partial charge is 0.368 e. The van der Waals surface area contributed by atoms with E-state index in [0.29, 0.717) is 18.4 Å². The number of halogens is 1. The molecule has 2 N–H and O–H groups in total. The van der Waals surface area contributed by atoms with Gasteiger partial charge in [0.15, 0.2) is 11.6 Å². The van der Waals surface area contributed by atoms with Crippen LogP contribution in [0.5, 0.6) is 0 Å². The average Bonchev–Trinajstić information content (AvgIpc) is 3.37. The average molecular weight is 291 g/mol. The third kappa shape index (κ3) is 3.34. The zero-order chi connectivity index (χ0) is 14.8. The molecule has 0 unspecified atom stereocenters. The molecule has 5 heteroatoms. The van der Waals surface area contributed by atoms with Gasteiger partial charge in [0.05, 0.1) is 5.56 Å². The maximum Gasteiger partial charge on any atom is 0.254 e. The summed E-state index contributed by atoms with van der Waals surface area (Å²) in [5.74, 6) is 0.513. The lowest BCUT2D eigenvalue weighted by Gasteiger charge is -2.18. The monoisotopic (exact) mass is 291 g/mol. The summed E-state index contributed by atoms with van der Waals surface area (Å²) in [5.41, 5.74) is 0.0925. The van der Waals surface area contributed by atoms with Crippen LogP contribution in [0, 0.1) is 17.7 Å². The van der Waals surface area contributed by atoms with Crippen molar-refractivity contribution in [1.29, 1.82) is 0 Å². The minimum absolute atomic E-state index is 0.0925. The number of pyridine rings is 1. The van der Waals surface area contributed by atoms with Crippen LogP contribution in [-0.2, 0) is 0 Å². The van der Waals surface area contributed by atoms with Crippen LogP contribution in [0.25, 0.3) is 0 Å². The first-order valence-electron chi connectivity index (χ1n) is 7.90. The molecule has 1 amide bonds. The Labute approximate surface area is 124 Å². The van der Waals surface area contributed by atoms with Gasteiger partial charge in [0.25, 0.3) is 5.91 Å². The molecule has 2 aliphatic rings. The van der Waals surface area contributed by atoms with Crippen molar-refractivity contribution in [1.82, 2.24) is 10.3 Å². The van der Waals surface area contributed by atoms with E-state index in [2.05, 4.69) is 15.6 Å². The second-order valence-corrected chi connectivity index (χ2v) is 6.12. The van der Waals surface area contributed by atoms with Gasteiger partial charge in [-0.3, -0.25) is 4.79 Å². The van der Waals surface area contributed by atoms with E-state index in [-0.39, 0.29) is 23.3 Å². The Hall–Kier alpha value is -1.65. The van der Waals surface area contributed by atoms with E-state index in [1.54, 1.807) is 0 Å². The smallest absolute Gasteiger partial charge is 0.254 e. The van der Waals surface area contributed by atoms with Crippen molar-refractivity contribution < 1.29 is 9.18 Å². The van der Waals surface area contributed by atoms with Gasteiger partial charge in [0.2, 0.25) is 0 Å². The van der Waals surface area contributed by atoms with Crippen LogP contribution in [0.3, 0.4) is 0 Å². The summed E-state index contributed by atoms with van der Waals surface area (Å²) in [6, 6.07) is 1.69. The molecule has 0 atom stereocenters. The highest BCUT2D eigenvalue weighted by molar-refractivity contribution is 5.95. The highest BCUT2D eigenvalue weighted by Gasteiger charge is 2.42. The number of amides is 1. The van der Waals surface area contributed by atoms with Crippen LogP contribution >= 0.6 is 0 Å². The fraction of sp³-hybridized carbons (Fsp3) is 0.625. The van der Waals surface area contributed by atoms with Crippen molar-refractivity contribution in [3.05, 3.63) is 23.6 Å². The van der Waals surface area contributed by atoms with E-state index in [0.717, 1.165) is 6.42 Å². The molecular formula is C16H22FN3O. The van der Waals surface area contributed by atoms with Gasteiger partial charge in [0, 0.05) is 18.8 Å². The van der Waals surface area contributed by atoms with E-state index in [1.807, 2.05) is 6.92 Å². The van der Waals surface area contributed by atoms with E-state index >= 15 is 0 Å². The summed E-state index contributed by atoms with van der Waals surface area (Å²) >= 11 is 0. The molecule has 114 valence electrons. The zero-order valence-corrected chi connectivity index (χ0v) is 12.4. The highest BCUT2D eigenvalue weighted by atomic mass is 19.1. The van der Waals surface area contributed by atoms with Crippen molar-refractivity contribution in [2.45, 2.75) is 45.1 Å². The lowest BCUT2D eigenvalue weighted by atomic mass is 10.1. The van der Waals surface area contributed by atoms with Crippen LogP contribution in [0.2, 0.25) is 0 Å². The quantitative estimate of drug-likeness (QED) is 0.812. The molecule has 2 saturated carbocycles. The van der Waals surface area contributed by atoms with Crippen molar-refractivity contribution in [2.75, 3.05) is 11.9 Å². The molecule has 0 bridgehead atoms. The molecule has 0 spiro atoms. The lowest BCUT2D eigenvalue weighted by molar-refractivity contribution is 0.0922. The maximum absolute atomic E-state index is 14.3. The van der Waals surface area contributed by atoms with Gasteiger partial charge in [-0.15, -0.1) is 0 Å². The highest BCUT2D eigenvalue weighted by Crippen LogP contribution is 2.44. The standard InChI is InChI=1S/C16H22FN3O/c1-2-8-18-15-13(17)12(7-9-19-15)16(21)20-14(10-3-4-10)11-5-6-11/h7,9-11,14H,2-6,8H2,1H3,(H,18,19)(H,20,21). The Morgan fingerprint density at radius 2 is 2.05 bits per heavy atom. The third-order valence-electron chi connectivity index (χ3n) is 4.23. The van der Waals surface area contributed by atoms with Crippen molar-refractivity contribution in [3.8, 4) is 0 Å². The predicted octanol–water partition coefficient (Wildman–Crippen LogP) is 2.96. The number of anilines is 1. The second kappa shape index (κ2) is 6.00. The number of carbonyl (C=O) groups is 1. The van der Waals surface area contributed by atoms with Gasteiger partial charge < -0.3 is 10.6 Å². The number of rotatable bonds is 7. The molecule has 3 rings (SSSR count). The lowest BCUT2D eigenvalue weighted by Crippen LogP contribution is -2.38. The van der Waals surface area contributed by atoms with E-state index in [9.17, 15) is 9.18 Å². The van der Waals surface area contributed by atoms with E-state index < -0.39 is 5.82 Å². The number of hydrogen-bond acceptors (Lipinski definition) is 3. The van der Waals surface area contributed by atoms with Gasteiger partial charge in [-0.25, -0.2) is 9.37 Å². The first-order valence-corrected chi connectivity index (χ1v) is 7.90. The predicted molar refractivity (Wildman–Crippen MR) is 79.7 cm³/mol. The summed E-state index contributed by atoms with van der Waals surface area (Å²) < 4.78 is 14.3. The van der Waals surface area contributed by atoms with Gasteiger partial charge in [-0.2, -0.15) is 0 Å².